The van der Waals surface area contributed by atoms with Crippen LogP contribution in [-0.4, -0.2) is 5.78 Å². The second kappa shape index (κ2) is 5.46. The van der Waals surface area contributed by atoms with Gasteiger partial charge in [0, 0.05) is 22.4 Å². The van der Waals surface area contributed by atoms with Gasteiger partial charge in [-0.2, -0.15) is 13.2 Å². The van der Waals surface area contributed by atoms with E-state index in [4.69, 9.17) is 5.73 Å². The molecule has 3 aromatic rings. The Morgan fingerprint density at radius 3 is 2.44 bits per heavy atom. The van der Waals surface area contributed by atoms with E-state index < -0.39 is 11.7 Å². The molecule has 0 amide bonds. The number of carbonyl (C=O) groups excluding carboxylic acids is 1. The third-order valence-corrected chi connectivity index (χ3v) is 5.38. The van der Waals surface area contributed by atoms with E-state index in [0.717, 1.165) is 6.07 Å². The number of nitrogen functional groups attached to an aromatic ring is 1. The van der Waals surface area contributed by atoms with Crippen LogP contribution in [0, 0.1) is 0 Å². The van der Waals surface area contributed by atoms with Gasteiger partial charge in [0.25, 0.3) is 0 Å². The molecule has 0 unspecified atom stereocenters. The average Bonchev–Trinajstić information content (AvgIpc) is 3.08. The van der Waals surface area contributed by atoms with Crippen LogP contribution in [-0.2, 0) is 12.6 Å². The van der Waals surface area contributed by atoms with Gasteiger partial charge in [-0.25, -0.2) is 0 Å². The molecule has 2 N–H and O–H groups in total. The Kier molecular flexibility index (Phi) is 3.47. The fourth-order valence-corrected chi connectivity index (χ4v) is 4.40. The first-order chi connectivity index (χ1) is 11.9. The van der Waals surface area contributed by atoms with E-state index in [-0.39, 0.29) is 17.8 Å². The van der Waals surface area contributed by atoms with E-state index in [9.17, 15) is 18.0 Å². The Labute approximate surface area is 145 Å². The summed E-state index contributed by atoms with van der Waals surface area (Å²) in [4.78, 5) is 13.6. The number of carbonyl (C=O) groups is 1. The van der Waals surface area contributed by atoms with Crippen molar-refractivity contribution in [2.75, 3.05) is 5.73 Å². The van der Waals surface area contributed by atoms with Gasteiger partial charge < -0.3 is 5.73 Å². The molecule has 0 spiro atoms. The summed E-state index contributed by atoms with van der Waals surface area (Å²) in [5.74, 6) is -0.263. The predicted molar refractivity (Wildman–Crippen MR) is 91.8 cm³/mol. The molecule has 0 fully saturated rings. The number of thiophene rings is 1. The number of hydrogen-bond acceptors (Lipinski definition) is 3. The summed E-state index contributed by atoms with van der Waals surface area (Å²) >= 11 is 1.19. The number of alkyl halides is 3. The van der Waals surface area contributed by atoms with E-state index in [2.05, 4.69) is 0 Å². The summed E-state index contributed by atoms with van der Waals surface area (Å²) in [6, 6.07) is 12.7. The van der Waals surface area contributed by atoms with Crippen LogP contribution in [0.25, 0.3) is 11.1 Å². The Bertz CT molecular complexity index is 990. The standard InChI is InChI=1S/C19H12F3NOS/c20-19(21,22)13-8-4-7-11-12(13)9-14-15(11)16(18(23)25-14)17(24)10-5-2-1-3-6-10/h1-8H,9,23H2. The zero-order chi connectivity index (χ0) is 17.8. The molecule has 0 atom stereocenters. The average molecular weight is 359 g/mol. The predicted octanol–water partition coefficient (Wildman–Crippen LogP) is 5.15. The maximum atomic E-state index is 13.3. The van der Waals surface area contributed by atoms with Crippen LogP contribution in [0.2, 0.25) is 0 Å². The molecule has 4 rings (SSSR count). The van der Waals surface area contributed by atoms with Crippen LogP contribution in [0.3, 0.4) is 0 Å². The van der Waals surface area contributed by atoms with Crippen molar-refractivity contribution in [3.63, 3.8) is 0 Å². The van der Waals surface area contributed by atoms with Crippen LogP contribution in [0.5, 0.6) is 0 Å². The smallest absolute Gasteiger partial charge is 0.390 e. The molecule has 2 nitrogen and oxygen atoms in total. The number of hydrogen-bond donors (Lipinski definition) is 1. The zero-order valence-corrected chi connectivity index (χ0v) is 13.7. The molecule has 1 aliphatic carbocycles. The molecule has 6 heteroatoms. The topological polar surface area (TPSA) is 43.1 Å². The van der Waals surface area contributed by atoms with Crippen molar-refractivity contribution in [3.8, 4) is 11.1 Å². The molecule has 0 radical (unpaired) electrons. The molecule has 0 bridgehead atoms. The normalized spacial score (nSPS) is 12.8. The first-order valence-corrected chi connectivity index (χ1v) is 8.40. The quantitative estimate of drug-likeness (QED) is 0.503. The first-order valence-electron chi connectivity index (χ1n) is 7.58. The van der Waals surface area contributed by atoms with Gasteiger partial charge >= 0.3 is 6.18 Å². The minimum atomic E-state index is -4.42. The number of halogens is 3. The van der Waals surface area contributed by atoms with Crippen molar-refractivity contribution in [2.24, 2.45) is 0 Å². The molecule has 1 aliphatic rings. The van der Waals surface area contributed by atoms with Crippen LogP contribution < -0.4 is 5.73 Å². The van der Waals surface area contributed by atoms with E-state index >= 15 is 0 Å². The zero-order valence-electron chi connectivity index (χ0n) is 12.9. The van der Waals surface area contributed by atoms with E-state index in [0.29, 0.717) is 32.1 Å². The fraction of sp³-hybridized carbons (Fsp3) is 0.105. The summed E-state index contributed by atoms with van der Waals surface area (Å²) < 4.78 is 39.9. The molecular formula is C19H12F3NOS. The third kappa shape index (κ3) is 2.44. The maximum absolute atomic E-state index is 13.3. The lowest BCUT2D eigenvalue weighted by Gasteiger charge is -2.12. The molecular weight excluding hydrogens is 347 g/mol. The highest BCUT2D eigenvalue weighted by Crippen LogP contribution is 2.50. The van der Waals surface area contributed by atoms with Crippen LogP contribution >= 0.6 is 11.3 Å². The number of nitrogens with two attached hydrogens (primary N) is 1. The highest BCUT2D eigenvalue weighted by molar-refractivity contribution is 7.17. The van der Waals surface area contributed by atoms with Gasteiger partial charge in [-0.05, 0) is 17.2 Å². The van der Waals surface area contributed by atoms with Crippen molar-refractivity contribution in [1.82, 2.24) is 0 Å². The monoisotopic (exact) mass is 359 g/mol. The number of ketones is 1. The van der Waals surface area contributed by atoms with E-state index in [1.807, 2.05) is 0 Å². The Balaban J connectivity index is 1.91. The third-order valence-electron chi connectivity index (χ3n) is 4.36. The number of fused-ring (bicyclic) bond motifs is 3. The molecule has 0 saturated heterocycles. The lowest BCUT2D eigenvalue weighted by atomic mass is 9.95. The van der Waals surface area contributed by atoms with Gasteiger partial charge in [0.05, 0.1) is 16.1 Å². The summed E-state index contributed by atoms with van der Waals surface area (Å²) in [6.45, 7) is 0. The van der Waals surface area contributed by atoms with E-state index in [1.54, 1.807) is 36.4 Å². The lowest BCUT2D eigenvalue weighted by molar-refractivity contribution is -0.138. The molecule has 2 aromatic carbocycles. The SMILES string of the molecule is Nc1sc2c(c1C(=O)c1ccccc1)-c1cccc(C(F)(F)F)c1C2. The summed E-state index contributed by atoms with van der Waals surface area (Å²) in [7, 11) is 0. The Hall–Kier alpha value is -2.60. The number of rotatable bonds is 2. The van der Waals surface area contributed by atoms with Crippen molar-refractivity contribution in [1.29, 1.82) is 0 Å². The first kappa shape index (κ1) is 15.9. The summed E-state index contributed by atoms with van der Waals surface area (Å²) in [5.41, 5.74) is 7.41. The van der Waals surface area contributed by atoms with Crippen molar-refractivity contribution >= 4 is 22.1 Å². The molecule has 0 saturated carbocycles. The Morgan fingerprint density at radius 1 is 1.04 bits per heavy atom. The molecule has 0 aliphatic heterocycles. The highest BCUT2D eigenvalue weighted by Gasteiger charge is 2.38. The van der Waals surface area contributed by atoms with Gasteiger partial charge in [0.15, 0.2) is 5.78 Å². The fourth-order valence-electron chi connectivity index (χ4n) is 3.30. The van der Waals surface area contributed by atoms with E-state index in [1.165, 1.54) is 17.4 Å². The van der Waals surface area contributed by atoms with Gasteiger partial charge in [0.2, 0.25) is 0 Å². The Morgan fingerprint density at radius 2 is 1.76 bits per heavy atom. The number of anilines is 1. The van der Waals surface area contributed by atoms with Crippen molar-refractivity contribution in [3.05, 3.63) is 75.7 Å². The minimum absolute atomic E-state index is 0.150. The molecule has 126 valence electrons. The molecule has 25 heavy (non-hydrogen) atoms. The van der Waals surface area contributed by atoms with Crippen LogP contribution in [0.15, 0.2) is 48.5 Å². The maximum Gasteiger partial charge on any atom is 0.416 e. The van der Waals surface area contributed by atoms with Gasteiger partial charge in [0.1, 0.15) is 0 Å². The lowest BCUT2D eigenvalue weighted by Crippen LogP contribution is -2.09. The molecule has 1 heterocycles. The van der Waals surface area contributed by atoms with Gasteiger partial charge in [-0.1, -0.05) is 42.5 Å². The second-order valence-corrected chi connectivity index (χ2v) is 6.98. The van der Waals surface area contributed by atoms with Gasteiger partial charge in [-0.15, -0.1) is 11.3 Å². The summed E-state index contributed by atoms with van der Waals surface area (Å²) in [6.07, 6.45) is -4.27. The van der Waals surface area contributed by atoms with Crippen LogP contribution in [0.1, 0.15) is 31.9 Å². The van der Waals surface area contributed by atoms with Crippen molar-refractivity contribution < 1.29 is 18.0 Å². The highest BCUT2D eigenvalue weighted by atomic mass is 32.1. The number of benzene rings is 2. The molecule has 1 aromatic heterocycles. The summed E-state index contributed by atoms with van der Waals surface area (Å²) in [5, 5.41) is 0.349. The minimum Gasteiger partial charge on any atom is -0.390 e. The second-order valence-electron chi connectivity index (χ2n) is 5.84. The van der Waals surface area contributed by atoms with Crippen molar-refractivity contribution in [2.45, 2.75) is 12.6 Å². The van der Waals surface area contributed by atoms with Gasteiger partial charge in [-0.3, -0.25) is 4.79 Å². The largest absolute Gasteiger partial charge is 0.416 e. The van der Waals surface area contributed by atoms with Crippen LogP contribution in [0.4, 0.5) is 18.2 Å².